The van der Waals surface area contributed by atoms with Crippen LogP contribution in [0.3, 0.4) is 0 Å². The third-order valence-electron chi connectivity index (χ3n) is 3.94. The number of rotatable bonds is 6. The van der Waals surface area contributed by atoms with Crippen molar-refractivity contribution in [2.45, 2.75) is 13.3 Å². The van der Waals surface area contributed by atoms with Crippen LogP contribution >= 0.6 is 12.2 Å². The van der Waals surface area contributed by atoms with E-state index in [0.29, 0.717) is 12.1 Å². The second-order valence-corrected chi connectivity index (χ2v) is 6.18. The molecule has 1 saturated heterocycles. The number of ether oxygens (including phenoxy) is 1. The smallest absolute Gasteiger partial charge is 0.273 e. The van der Waals surface area contributed by atoms with E-state index < -0.39 is 10.8 Å². The zero-order valence-electron chi connectivity index (χ0n) is 14.1. The number of nitro groups is 1. The van der Waals surface area contributed by atoms with Crippen molar-refractivity contribution >= 4 is 28.9 Å². The number of amides is 1. The average Bonchev–Trinajstić information content (AvgIpc) is 2.59. The first-order valence-electron chi connectivity index (χ1n) is 8.11. The van der Waals surface area contributed by atoms with Gasteiger partial charge in [-0.2, -0.15) is 0 Å². The fourth-order valence-corrected chi connectivity index (χ4v) is 2.69. The molecule has 1 aliphatic rings. The van der Waals surface area contributed by atoms with Gasteiger partial charge in [0.2, 0.25) is 0 Å². The lowest BCUT2D eigenvalue weighted by molar-refractivity contribution is -0.385. The van der Waals surface area contributed by atoms with Gasteiger partial charge < -0.3 is 10.1 Å². The molecule has 2 N–H and O–H groups in total. The first-order valence-corrected chi connectivity index (χ1v) is 8.52. The molecule has 1 aromatic carbocycles. The molecule has 25 heavy (non-hydrogen) atoms. The zero-order chi connectivity index (χ0) is 18.2. The lowest BCUT2D eigenvalue weighted by atomic mass is 10.1. The highest BCUT2D eigenvalue weighted by atomic mass is 32.1. The van der Waals surface area contributed by atoms with Crippen LogP contribution in [0.25, 0.3) is 0 Å². The van der Waals surface area contributed by atoms with E-state index in [1.54, 1.807) is 19.1 Å². The number of hydrogen-bond acceptors (Lipinski definition) is 6. The van der Waals surface area contributed by atoms with Crippen molar-refractivity contribution in [3.05, 3.63) is 39.4 Å². The highest BCUT2D eigenvalue weighted by Crippen LogP contribution is 2.19. The number of thiocarbonyl (C=S) groups is 1. The number of nitrogens with one attached hydrogen (secondary N) is 2. The summed E-state index contributed by atoms with van der Waals surface area (Å²) in [5.41, 5.74) is 0.622. The Labute approximate surface area is 151 Å². The fraction of sp³-hybridized carbons (Fsp3) is 0.500. The molecule has 0 spiro atoms. The normalized spacial score (nSPS) is 14.8. The number of carbonyl (C=O) groups excluding carboxylic acids is 1. The number of nitrogens with zero attached hydrogens (tertiary/aromatic N) is 2. The van der Waals surface area contributed by atoms with Gasteiger partial charge in [0.25, 0.3) is 11.6 Å². The van der Waals surface area contributed by atoms with Gasteiger partial charge in [0, 0.05) is 36.8 Å². The Morgan fingerprint density at radius 2 is 2.12 bits per heavy atom. The van der Waals surface area contributed by atoms with Crippen LogP contribution in [-0.4, -0.2) is 60.2 Å². The third-order valence-corrected chi connectivity index (χ3v) is 4.18. The Morgan fingerprint density at radius 3 is 2.80 bits per heavy atom. The fourth-order valence-electron chi connectivity index (χ4n) is 2.50. The minimum atomic E-state index is -0.506. The summed E-state index contributed by atoms with van der Waals surface area (Å²) in [5.74, 6) is -0.464. The van der Waals surface area contributed by atoms with E-state index >= 15 is 0 Å². The van der Waals surface area contributed by atoms with Crippen molar-refractivity contribution in [1.82, 2.24) is 15.5 Å². The standard InChI is InChI=1S/C16H22N4O4S/c1-12-3-4-13(11-14(12)20(22)23)15(21)18-16(25)17-5-2-6-19-7-9-24-10-8-19/h3-4,11H,2,5-10H2,1H3,(H2,17,18,21,25). The molecule has 0 unspecified atom stereocenters. The minimum Gasteiger partial charge on any atom is -0.379 e. The summed E-state index contributed by atoms with van der Waals surface area (Å²) in [6.45, 7) is 6.62. The molecule has 1 heterocycles. The Hall–Kier alpha value is -2.10. The molecule has 0 saturated carbocycles. The summed E-state index contributed by atoms with van der Waals surface area (Å²) < 4.78 is 5.29. The van der Waals surface area contributed by atoms with E-state index in [0.717, 1.165) is 39.3 Å². The van der Waals surface area contributed by atoms with Crippen LogP contribution in [-0.2, 0) is 4.74 Å². The predicted octanol–water partition coefficient (Wildman–Crippen LogP) is 1.23. The van der Waals surface area contributed by atoms with E-state index in [1.165, 1.54) is 6.07 Å². The Bertz CT molecular complexity index is 647. The molecule has 1 aliphatic heterocycles. The number of benzene rings is 1. The van der Waals surface area contributed by atoms with Crippen molar-refractivity contribution in [1.29, 1.82) is 0 Å². The second kappa shape index (κ2) is 9.40. The number of hydrogen-bond donors (Lipinski definition) is 2. The molecule has 1 amide bonds. The van der Waals surface area contributed by atoms with Gasteiger partial charge in [-0.3, -0.25) is 25.1 Å². The van der Waals surface area contributed by atoms with Crippen LogP contribution in [0.2, 0.25) is 0 Å². The van der Waals surface area contributed by atoms with E-state index in [1.807, 2.05) is 0 Å². The Morgan fingerprint density at radius 1 is 1.40 bits per heavy atom. The summed E-state index contributed by atoms with van der Waals surface area (Å²) in [7, 11) is 0. The van der Waals surface area contributed by atoms with Crippen molar-refractivity contribution in [2.24, 2.45) is 0 Å². The summed E-state index contributed by atoms with van der Waals surface area (Å²) in [4.78, 5) is 24.9. The zero-order valence-corrected chi connectivity index (χ0v) is 14.9. The first-order chi connectivity index (χ1) is 12.0. The molecule has 1 aromatic rings. The lowest BCUT2D eigenvalue weighted by Crippen LogP contribution is -2.41. The summed E-state index contributed by atoms with van der Waals surface area (Å²) in [5, 5.41) is 16.7. The molecule has 0 atom stereocenters. The Balaban J connectivity index is 1.75. The van der Waals surface area contributed by atoms with Gasteiger partial charge in [-0.1, -0.05) is 6.07 Å². The maximum Gasteiger partial charge on any atom is 0.273 e. The number of aryl methyl sites for hydroxylation is 1. The van der Waals surface area contributed by atoms with Gasteiger partial charge in [0.1, 0.15) is 0 Å². The van der Waals surface area contributed by atoms with Gasteiger partial charge in [0.05, 0.1) is 18.1 Å². The molecule has 2 rings (SSSR count). The molecule has 0 aliphatic carbocycles. The molecule has 0 bridgehead atoms. The second-order valence-electron chi connectivity index (χ2n) is 5.78. The predicted molar refractivity (Wildman–Crippen MR) is 97.8 cm³/mol. The molecular formula is C16H22N4O4S. The quantitative estimate of drug-likeness (QED) is 0.338. The maximum absolute atomic E-state index is 12.1. The van der Waals surface area contributed by atoms with Gasteiger partial charge in [-0.05, 0) is 38.2 Å². The SMILES string of the molecule is Cc1ccc(C(=O)NC(=S)NCCCN2CCOCC2)cc1[N+](=O)[O-]. The van der Waals surface area contributed by atoms with E-state index in [2.05, 4.69) is 15.5 Å². The highest BCUT2D eigenvalue weighted by molar-refractivity contribution is 7.80. The summed E-state index contributed by atoms with van der Waals surface area (Å²) in [6, 6.07) is 4.34. The van der Waals surface area contributed by atoms with Gasteiger partial charge in [0.15, 0.2) is 5.11 Å². The molecule has 9 heteroatoms. The van der Waals surface area contributed by atoms with Crippen molar-refractivity contribution in [2.75, 3.05) is 39.4 Å². The average molecular weight is 366 g/mol. The molecule has 1 fully saturated rings. The van der Waals surface area contributed by atoms with E-state index in [4.69, 9.17) is 17.0 Å². The third kappa shape index (κ3) is 6.04. The van der Waals surface area contributed by atoms with Crippen molar-refractivity contribution in [3.63, 3.8) is 0 Å². The highest BCUT2D eigenvalue weighted by Gasteiger charge is 2.15. The summed E-state index contributed by atoms with van der Waals surface area (Å²) >= 11 is 5.10. The topological polar surface area (TPSA) is 96.7 Å². The van der Waals surface area contributed by atoms with Crippen LogP contribution < -0.4 is 10.6 Å². The molecule has 8 nitrogen and oxygen atoms in total. The van der Waals surface area contributed by atoms with E-state index in [9.17, 15) is 14.9 Å². The van der Waals surface area contributed by atoms with Crippen LogP contribution in [0.4, 0.5) is 5.69 Å². The number of nitro benzene ring substituents is 1. The minimum absolute atomic E-state index is 0.0861. The Kier molecular flexibility index (Phi) is 7.23. The van der Waals surface area contributed by atoms with Gasteiger partial charge in [-0.25, -0.2) is 0 Å². The number of carbonyl (C=O) groups is 1. The van der Waals surface area contributed by atoms with Crippen LogP contribution in [0.15, 0.2) is 18.2 Å². The van der Waals surface area contributed by atoms with Gasteiger partial charge in [-0.15, -0.1) is 0 Å². The lowest BCUT2D eigenvalue weighted by Gasteiger charge is -2.26. The molecule has 0 aromatic heterocycles. The summed E-state index contributed by atoms with van der Waals surface area (Å²) in [6.07, 6.45) is 0.895. The van der Waals surface area contributed by atoms with Crippen LogP contribution in [0.5, 0.6) is 0 Å². The van der Waals surface area contributed by atoms with Gasteiger partial charge >= 0.3 is 0 Å². The van der Waals surface area contributed by atoms with Crippen LogP contribution in [0.1, 0.15) is 22.3 Å². The monoisotopic (exact) mass is 366 g/mol. The molecule has 136 valence electrons. The van der Waals surface area contributed by atoms with Crippen molar-refractivity contribution in [3.8, 4) is 0 Å². The van der Waals surface area contributed by atoms with E-state index in [-0.39, 0.29) is 16.4 Å². The molecule has 0 radical (unpaired) electrons. The largest absolute Gasteiger partial charge is 0.379 e. The van der Waals surface area contributed by atoms with Crippen molar-refractivity contribution < 1.29 is 14.5 Å². The maximum atomic E-state index is 12.1. The van der Waals surface area contributed by atoms with Crippen LogP contribution in [0, 0.1) is 17.0 Å². The number of morpholine rings is 1. The first kappa shape index (κ1) is 19.2. The molecular weight excluding hydrogens is 344 g/mol.